The second kappa shape index (κ2) is 7.87. The average Bonchev–Trinajstić information content (AvgIpc) is 3.24. The maximum absolute atomic E-state index is 6.55. The fourth-order valence-electron chi connectivity index (χ4n) is 5.71. The average molecular weight is 441 g/mol. The largest absolute Gasteiger partial charge is 0.497 e. The summed E-state index contributed by atoms with van der Waals surface area (Å²) in [6.07, 6.45) is 13.0. The molecule has 4 nitrogen and oxygen atoms in total. The lowest BCUT2D eigenvalue weighted by atomic mass is 9.68. The van der Waals surface area contributed by atoms with E-state index in [2.05, 4.69) is 54.6 Å². The Balaban J connectivity index is 1.39. The zero-order valence-corrected chi connectivity index (χ0v) is 19.0. The summed E-state index contributed by atoms with van der Waals surface area (Å²) in [6.45, 7) is 0.584. The first-order valence-corrected chi connectivity index (χ1v) is 11.6. The van der Waals surface area contributed by atoms with E-state index in [1.54, 1.807) is 14.2 Å². The van der Waals surface area contributed by atoms with Crippen molar-refractivity contribution in [1.29, 1.82) is 0 Å². The van der Waals surface area contributed by atoms with Crippen LogP contribution < -0.4 is 9.47 Å². The van der Waals surface area contributed by atoms with Crippen molar-refractivity contribution in [3.05, 3.63) is 107 Å². The van der Waals surface area contributed by atoms with Gasteiger partial charge in [-0.25, -0.2) is 0 Å². The lowest BCUT2D eigenvalue weighted by Crippen LogP contribution is -2.39. The van der Waals surface area contributed by atoms with Crippen LogP contribution in [0.25, 0.3) is 0 Å². The molecule has 33 heavy (non-hydrogen) atoms. The number of hydrogen-bond donors (Lipinski definition) is 0. The van der Waals surface area contributed by atoms with Gasteiger partial charge < -0.3 is 18.9 Å². The Hall–Kier alpha value is -3.40. The van der Waals surface area contributed by atoms with Gasteiger partial charge >= 0.3 is 0 Å². The molecule has 0 aromatic heterocycles. The highest BCUT2D eigenvalue weighted by Crippen LogP contribution is 2.50. The zero-order valence-electron chi connectivity index (χ0n) is 19.0. The first kappa shape index (κ1) is 20.2. The van der Waals surface area contributed by atoms with E-state index >= 15 is 0 Å². The molecule has 3 atom stereocenters. The molecule has 0 radical (unpaired) electrons. The van der Waals surface area contributed by atoms with Gasteiger partial charge in [0.2, 0.25) is 0 Å². The molecule has 2 aromatic rings. The summed E-state index contributed by atoms with van der Waals surface area (Å²) in [5, 5.41) is 0. The van der Waals surface area contributed by atoms with E-state index in [-0.39, 0.29) is 11.5 Å². The fraction of sp³-hybridized carbons (Fsp3) is 0.310. The van der Waals surface area contributed by atoms with Gasteiger partial charge in [0, 0.05) is 11.8 Å². The molecule has 0 N–H and O–H groups in total. The first-order valence-electron chi connectivity index (χ1n) is 11.6. The smallest absolute Gasteiger partial charge is 0.124 e. The van der Waals surface area contributed by atoms with Gasteiger partial charge in [0.25, 0.3) is 0 Å². The number of rotatable bonds is 4. The standard InChI is InChI=1S/C29H28O4/c1-30-22-11-7-20(8-12-22)29(21-9-13-23(31-2)14-10-21)17-19-15-28-25(16-27(19)32-18-29)24-5-3-4-6-26(24)33-28/h3-4,6-16,24-25,28H,5,17-18H2,1-2H3. The topological polar surface area (TPSA) is 36.9 Å². The van der Waals surface area contributed by atoms with E-state index < -0.39 is 0 Å². The molecule has 2 heterocycles. The summed E-state index contributed by atoms with van der Waals surface area (Å²) in [7, 11) is 3.39. The molecular formula is C29H28O4. The third-order valence-corrected chi connectivity index (χ3v) is 7.55. The number of hydrogen-bond acceptors (Lipinski definition) is 4. The minimum absolute atomic E-state index is 0.0750. The van der Waals surface area contributed by atoms with Crippen LogP contribution in [0.15, 0.2) is 96.0 Å². The van der Waals surface area contributed by atoms with Crippen LogP contribution in [0.2, 0.25) is 0 Å². The van der Waals surface area contributed by atoms with Crippen LogP contribution >= 0.6 is 0 Å². The maximum Gasteiger partial charge on any atom is 0.124 e. The predicted octanol–water partition coefficient (Wildman–Crippen LogP) is 5.71. The summed E-state index contributed by atoms with van der Waals surface area (Å²) in [4.78, 5) is 0. The van der Waals surface area contributed by atoms with Gasteiger partial charge in [-0.1, -0.05) is 36.4 Å². The minimum atomic E-state index is -0.305. The van der Waals surface area contributed by atoms with Crippen molar-refractivity contribution >= 4 is 0 Å². The monoisotopic (exact) mass is 440 g/mol. The van der Waals surface area contributed by atoms with Crippen molar-refractivity contribution in [2.75, 3.05) is 20.8 Å². The minimum Gasteiger partial charge on any atom is -0.497 e. The SMILES string of the molecule is COc1ccc(C2(c3ccc(OC)cc3)COC3=CC4C(C=C3C2)OC2=CC=CCC24)cc1. The summed E-state index contributed by atoms with van der Waals surface area (Å²) in [5.41, 5.74) is 3.34. The van der Waals surface area contributed by atoms with Crippen LogP contribution in [0.4, 0.5) is 0 Å². The van der Waals surface area contributed by atoms with Crippen molar-refractivity contribution in [2.24, 2.45) is 11.8 Å². The molecule has 3 unspecified atom stereocenters. The summed E-state index contributed by atoms with van der Waals surface area (Å²) in [5.74, 6) is 4.59. The molecule has 4 heteroatoms. The lowest BCUT2D eigenvalue weighted by Gasteiger charge is -2.42. The van der Waals surface area contributed by atoms with Gasteiger partial charge in [-0.3, -0.25) is 0 Å². The molecule has 2 aliphatic carbocycles. The molecule has 6 rings (SSSR count). The van der Waals surface area contributed by atoms with E-state index in [9.17, 15) is 0 Å². The second-order valence-corrected chi connectivity index (χ2v) is 9.23. The Kier molecular flexibility index (Phi) is 4.83. The summed E-state index contributed by atoms with van der Waals surface area (Å²) < 4.78 is 23.7. The number of methoxy groups -OCH3 is 2. The fourth-order valence-corrected chi connectivity index (χ4v) is 5.71. The molecule has 0 saturated carbocycles. The molecule has 2 aliphatic heterocycles. The Morgan fingerprint density at radius 2 is 1.55 bits per heavy atom. The Morgan fingerprint density at radius 1 is 0.879 bits per heavy atom. The molecule has 0 amide bonds. The van der Waals surface area contributed by atoms with Crippen LogP contribution in [0.3, 0.4) is 0 Å². The van der Waals surface area contributed by atoms with Gasteiger partial charge in [-0.05, 0) is 72.0 Å². The van der Waals surface area contributed by atoms with Crippen molar-refractivity contribution in [1.82, 2.24) is 0 Å². The normalized spacial score (nSPS) is 26.4. The Bertz CT molecular complexity index is 1120. The Labute approximate surface area is 194 Å². The van der Waals surface area contributed by atoms with Crippen LogP contribution in [0.5, 0.6) is 11.5 Å². The highest BCUT2D eigenvalue weighted by Gasteiger charge is 2.46. The predicted molar refractivity (Wildman–Crippen MR) is 127 cm³/mol. The number of ether oxygens (including phenoxy) is 4. The van der Waals surface area contributed by atoms with Gasteiger partial charge in [-0.2, -0.15) is 0 Å². The molecule has 168 valence electrons. The highest BCUT2D eigenvalue weighted by molar-refractivity contribution is 5.50. The lowest BCUT2D eigenvalue weighted by molar-refractivity contribution is 0.123. The van der Waals surface area contributed by atoms with Crippen molar-refractivity contribution in [2.45, 2.75) is 24.4 Å². The molecule has 2 fully saturated rings. The number of benzene rings is 2. The second-order valence-electron chi connectivity index (χ2n) is 9.23. The Morgan fingerprint density at radius 3 is 2.18 bits per heavy atom. The van der Waals surface area contributed by atoms with Gasteiger partial charge in [0.05, 0.1) is 19.6 Å². The van der Waals surface area contributed by atoms with E-state index in [1.807, 2.05) is 24.3 Å². The van der Waals surface area contributed by atoms with Crippen molar-refractivity contribution in [3.63, 3.8) is 0 Å². The van der Waals surface area contributed by atoms with Crippen LogP contribution in [0, 0.1) is 11.8 Å². The molecular weight excluding hydrogens is 412 g/mol. The third-order valence-electron chi connectivity index (χ3n) is 7.55. The van der Waals surface area contributed by atoms with Crippen molar-refractivity contribution in [3.8, 4) is 11.5 Å². The maximum atomic E-state index is 6.55. The molecule has 0 spiro atoms. The third kappa shape index (κ3) is 3.28. The summed E-state index contributed by atoms with van der Waals surface area (Å²) in [6, 6.07) is 16.7. The van der Waals surface area contributed by atoms with Crippen LogP contribution in [0.1, 0.15) is 24.0 Å². The van der Waals surface area contributed by atoms with Gasteiger partial charge in [0.15, 0.2) is 0 Å². The number of fused-ring (bicyclic) bond motifs is 4. The molecule has 4 aliphatic rings. The van der Waals surface area contributed by atoms with E-state index in [4.69, 9.17) is 18.9 Å². The molecule has 0 bridgehead atoms. The molecule has 2 aromatic carbocycles. The van der Waals surface area contributed by atoms with Crippen LogP contribution in [-0.2, 0) is 14.9 Å². The molecule has 2 saturated heterocycles. The van der Waals surface area contributed by atoms with Crippen molar-refractivity contribution < 1.29 is 18.9 Å². The quantitative estimate of drug-likeness (QED) is 0.610. The van der Waals surface area contributed by atoms with Gasteiger partial charge in [0.1, 0.15) is 35.7 Å². The summed E-state index contributed by atoms with van der Waals surface area (Å²) >= 11 is 0. The van der Waals surface area contributed by atoms with E-state index in [0.717, 1.165) is 35.9 Å². The zero-order chi connectivity index (χ0) is 22.4. The highest BCUT2D eigenvalue weighted by atomic mass is 16.5. The first-order chi connectivity index (χ1) is 16.2. The number of allylic oxidation sites excluding steroid dienone is 5. The van der Waals surface area contributed by atoms with E-state index in [1.165, 1.54) is 16.7 Å². The van der Waals surface area contributed by atoms with Crippen LogP contribution in [-0.4, -0.2) is 26.9 Å². The van der Waals surface area contributed by atoms with Gasteiger partial charge in [-0.15, -0.1) is 0 Å². The van der Waals surface area contributed by atoms with E-state index in [0.29, 0.717) is 18.4 Å².